The average Bonchev–Trinajstić information content (AvgIpc) is 4.12. The zero-order valence-corrected chi connectivity index (χ0v) is 40.1. The van der Waals surface area contributed by atoms with Gasteiger partial charge in [0.05, 0.1) is 21.7 Å². The van der Waals surface area contributed by atoms with Crippen molar-refractivity contribution in [2.24, 2.45) is 27.6 Å². The third-order valence-electron chi connectivity index (χ3n) is 15.7. The summed E-state index contributed by atoms with van der Waals surface area (Å²) >= 11 is 0. The molecule has 0 heterocycles. The summed E-state index contributed by atoms with van der Waals surface area (Å²) in [5, 5.41) is 39.5. The van der Waals surface area contributed by atoms with Gasteiger partial charge in [0.25, 0.3) is 0 Å². The minimum Gasteiger partial charge on any atom is -0.481 e. The van der Waals surface area contributed by atoms with Crippen molar-refractivity contribution in [3.8, 4) is 0 Å². The molecule has 2 unspecified atom stereocenters. The molecule has 0 spiro atoms. The first-order valence-corrected chi connectivity index (χ1v) is 24.2. The molecule has 346 valence electrons. The standard InChI is InChI=1S/C54H82O8/c1-36-32-38(3)43(44(39(36)4)23-15-10-18-26-51(6,7)47(55)56)22-14-13-21-29-54(50(61)62)35-42(54)34-41-33-37(2)40(5)45(24-16-12-20-28-53(30-31-53)49(59)60)46(41)25-17-11-19-27-52(8,9)48(57)58/h32-33,42H,10-31,34-35H2,1-9H3,(H,55,56)(H,57,58)(H,59,60)(H,61,62). The molecule has 4 N–H and O–H groups in total. The average molecular weight is 859 g/mol. The first kappa shape index (κ1) is 51.0. The third kappa shape index (κ3) is 13.2. The zero-order valence-electron chi connectivity index (χ0n) is 40.1. The van der Waals surface area contributed by atoms with Crippen LogP contribution in [0.15, 0.2) is 12.1 Å². The van der Waals surface area contributed by atoms with Gasteiger partial charge in [0.2, 0.25) is 0 Å². The minimum atomic E-state index is -0.761. The minimum absolute atomic E-state index is 0.102. The highest BCUT2D eigenvalue weighted by molar-refractivity contribution is 5.79. The van der Waals surface area contributed by atoms with E-state index in [1.807, 2.05) is 0 Å². The van der Waals surface area contributed by atoms with Crippen LogP contribution in [0.4, 0.5) is 0 Å². The normalized spacial score (nSPS) is 18.2. The SMILES string of the molecule is Cc1cc(C)c(CCCCCC2(C(=O)O)CC2Cc2cc(C)c(C)c(CCCCCC3(C(=O)O)CC3)c2CCCCCC(C)(C)C(=O)O)c(CCCCCC(C)(C)C(=O)O)c1C. The predicted octanol–water partition coefficient (Wildman–Crippen LogP) is 13.1. The smallest absolute Gasteiger partial charge is 0.309 e. The molecule has 8 heteroatoms. The van der Waals surface area contributed by atoms with E-state index in [9.17, 15) is 39.6 Å². The van der Waals surface area contributed by atoms with E-state index in [1.54, 1.807) is 27.7 Å². The number of carboxylic acid groups (broad SMARTS) is 4. The van der Waals surface area contributed by atoms with E-state index in [0.29, 0.717) is 25.7 Å². The van der Waals surface area contributed by atoms with Gasteiger partial charge in [-0.05, 0) is 227 Å². The molecule has 2 aliphatic rings. The molecule has 0 amide bonds. The molecule has 0 radical (unpaired) electrons. The second-order valence-corrected chi connectivity index (χ2v) is 21.3. The molecule has 62 heavy (non-hydrogen) atoms. The van der Waals surface area contributed by atoms with Crippen molar-refractivity contribution in [3.05, 3.63) is 67.8 Å². The quantitative estimate of drug-likeness (QED) is 0.0567. The monoisotopic (exact) mass is 859 g/mol. The highest BCUT2D eigenvalue weighted by atomic mass is 16.4. The highest BCUT2D eigenvalue weighted by Gasteiger charge is 2.59. The molecule has 2 fully saturated rings. The molecule has 2 aliphatic carbocycles. The fraction of sp³-hybridized carbons (Fsp3) is 0.704. The fourth-order valence-corrected chi connectivity index (χ4v) is 10.3. The van der Waals surface area contributed by atoms with Crippen molar-refractivity contribution < 1.29 is 39.6 Å². The molecule has 0 aromatic heterocycles. The van der Waals surface area contributed by atoms with Crippen LogP contribution in [-0.2, 0) is 51.3 Å². The van der Waals surface area contributed by atoms with E-state index < -0.39 is 45.5 Å². The number of unbranched alkanes of at least 4 members (excludes halogenated alkanes) is 8. The third-order valence-corrected chi connectivity index (χ3v) is 15.7. The Labute approximate surface area is 374 Å². The maximum Gasteiger partial charge on any atom is 0.309 e. The van der Waals surface area contributed by atoms with Crippen LogP contribution < -0.4 is 0 Å². The first-order chi connectivity index (χ1) is 29.1. The fourth-order valence-electron chi connectivity index (χ4n) is 10.3. The summed E-state index contributed by atoms with van der Waals surface area (Å²) < 4.78 is 0. The summed E-state index contributed by atoms with van der Waals surface area (Å²) in [4.78, 5) is 48.0. The van der Waals surface area contributed by atoms with Gasteiger partial charge < -0.3 is 20.4 Å². The van der Waals surface area contributed by atoms with E-state index in [2.05, 4.69) is 46.8 Å². The van der Waals surface area contributed by atoms with Gasteiger partial charge in [-0.25, -0.2) is 0 Å². The number of rotatable bonds is 30. The van der Waals surface area contributed by atoms with Crippen LogP contribution in [-0.4, -0.2) is 44.3 Å². The van der Waals surface area contributed by atoms with Gasteiger partial charge in [-0.1, -0.05) is 63.5 Å². The van der Waals surface area contributed by atoms with E-state index in [-0.39, 0.29) is 5.92 Å². The van der Waals surface area contributed by atoms with E-state index >= 15 is 0 Å². The lowest BCUT2D eigenvalue weighted by atomic mass is 9.83. The van der Waals surface area contributed by atoms with Crippen LogP contribution >= 0.6 is 0 Å². The van der Waals surface area contributed by atoms with Crippen molar-refractivity contribution in [3.63, 3.8) is 0 Å². The number of benzene rings is 2. The van der Waals surface area contributed by atoms with Gasteiger partial charge >= 0.3 is 23.9 Å². The molecule has 0 bridgehead atoms. The van der Waals surface area contributed by atoms with Crippen LogP contribution in [0.25, 0.3) is 0 Å². The van der Waals surface area contributed by atoms with E-state index in [1.165, 1.54) is 55.6 Å². The second kappa shape index (κ2) is 21.8. The van der Waals surface area contributed by atoms with E-state index in [4.69, 9.17) is 0 Å². The topological polar surface area (TPSA) is 149 Å². The molecule has 4 rings (SSSR count). The van der Waals surface area contributed by atoms with Crippen LogP contribution in [0.5, 0.6) is 0 Å². The summed E-state index contributed by atoms with van der Waals surface area (Å²) in [5.74, 6) is -2.71. The zero-order chi connectivity index (χ0) is 46.0. The van der Waals surface area contributed by atoms with Gasteiger partial charge in [0, 0.05) is 0 Å². The molecule has 2 aromatic carbocycles. The molecule has 8 nitrogen and oxygen atoms in total. The lowest BCUT2D eigenvalue weighted by molar-refractivity contribution is -0.148. The van der Waals surface area contributed by atoms with Gasteiger partial charge in [0.1, 0.15) is 0 Å². The van der Waals surface area contributed by atoms with Crippen LogP contribution in [0.3, 0.4) is 0 Å². The Morgan fingerprint density at radius 2 is 0.968 bits per heavy atom. The van der Waals surface area contributed by atoms with Gasteiger partial charge in [0.15, 0.2) is 0 Å². The largest absolute Gasteiger partial charge is 0.481 e. The Hall–Kier alpha value is -3.68. The summed E-state index contributed by atoms with van der Waals surface area (Å²) in [6.45, 7) is 18.2. The summed E-state index contributed by atoms with van der Waals surface area (Å²) in [6, 6.07) is 4.62. The Morgan fingerprint density at radius 3 is 1.44 bits per heavy atom. The molecule has 2 atom stereocenters. The Bertz CT molecular complexity index is 1900. The molecular weight excluding hydrogens is 777 g/mol. The van der Waals surface area contributed by atoms with Crippen molar-refractivity contribution in [1.82, 2.24) is 0 Å². The first-order valence-electron chi connectivity index (χ1n) is 24.2. The van der Waals surface area contributed by atoms with Gasteiger partial charge in [-0.2, -0.15) is 0 Å². The van der Waals surface area contributed by atoms with Crippen LogP contribution in [0.1, 0.15) is 205 Å². The highest BCUT2D eigenvalue weighted by Crippen LogP contribution is 2.58. The number of aryl methyl sites for hydroxylation is 3. The van der Waals surface area contributed by atoms with Crippen molar-refractivity contribution in [1.29, 1.82) is 0 Å². The number of hydrogen-bond acceptors (Lipinski definition) is 4. The summed E-state index contributed by atoms with van der Waals surface area (Å²) in [5.41, 5.74) is 10.9. The van der Waals surface area contributed by atoms with Crippen molar-refractivity contribution in [2.75, 3.05) is 0 Å². The van der Waals surface area contributed by atoms with Crippen LogP contribution in [0.2, 0.25) is 0 Å². The van der Waals surface area contributed by atoms with Crippen molar-refractivity contribution >= 4 is 23.9 Å². The molecule has 0 aliphatic heterocycles. The summed E-state index contributed by atoms with van der Waals surface area (Å²) in [6.07, 6.45) is 21.2. The van der Waals surface area contributed by atoms with Gasteiger partial charge in [-0.15, -0.1) is 0 Å². The lowest BCUT2D eigenvalue weighted by Gasteiger charge is -2.22. The maximum atomic E-state index is 13.0. The Kier molecular flexibility index (Phi) is 17.9. The molecule has 0 saturated heterocycles. The second-order valence-electron chi connectivity index (χ2n) is 21.3. The predicted molar refractivity (Wildman–Crippen MR) is 249 cm³/mol. The Morgan fingerprint density at radius 1 is 0.532 bits per heavy atom. The number of carboxylic acids is 4. The van der Waals surface area contributed by atoms with Crippen molar-refractivity contribution in [2.45, 2.75) is 216 Å². The number of aliphatic carboxylic acids is 4. The summed E-state index contributed by atoms with van der Waals surface area (Å²) in [7, 11) is 0. The lowest BCUT2D eigenvalue weighted by Crippen LogP contribution is -2.23. The maximum absolute atomic E-state index is 13.0. The van der Waals surface area contributed by atoms with E-state index in [0.717, 1.165) is 128 Å². The van der Waals surface area contributed by atoms with Crippen LogP contribution in [0, 0.1) is 62.2 Å². The Balaban J connectivity index is 1.39. The molecule has 2 saturated carbocycles. The molecule has 2 aromatic rings. The number of hydrogen-bond donors (Lipinski definition) is 4. The molecular formula is C54H82O8. The van der Waals surface area contributed by atoms with Gasteiger partial charge in [-0.3, -0.25) is 19.2 Å². The number of carbonyl (C=O) groups is 4.